The molecule has 20 heavy (non-hydrogen) atoms. The van der Waals surface area contributed by atoms with Gasteiger partial charge in [0.2, 0.25) is 0 Å². The second kappa shape index (κ2) is 8.59. The molecule has 0 saturated heterocycles. The molecule has 4 nitrogen and oxygen atoms in total. The lowest BCUT2D eigenvalue weighted by atomic mass is 10.1. The van der Waals surface area contributed by atoms with Gasteiger partial charge in [0.25, 0.3) is 0 Å². The van der Waals surface area contributed by atoms with Gasteiger partial charge < -0.3 is 15.4 Å². The number of hydrogen-bond acceptors (Lipinski definition) is 2. The van der Waals surface area contributed by atoms with Gasteiger partial charge in [-0.25, -0.2) is 0 Å². The average Bonchev–Trinajstić information content (AvgIpc) is 2.38. The quantitative estimate of drug-likeness (QED) is 0.477. The van der Waals surface area contributed by atoms with E-state index in [1.165, 1.54) is 5.56 Å². The monoisotopic (exact) mass is 277 g/mol. The Hall–Kier alpha value is -1.55. The summed E-state index contributed by atoms with van der Waals surface area (Å²) in [5.41, 5.74) is 1.20. The minimum Gasteiger partial charge on any atom is -0.375 e. The van der Waals surface area contributed by atoms with Crippen LogP contribution in [0.4, 0.5) is 0 Å². The van der Waals surface area contributed by atoms with Gasteiger partial charge in [-0.3, -0.25) is 4.99 Å². The zero-order chi connectivity index (χ0) is 14.8. The van der Waals surface area contributed by atoms with E-state index in [1.54, 1.807) is 0 Å². The van der Waals surface area contributed by atoms with Crippen LogP contribution in [0.25, 0.3) is 0 Å². The molecule has 2 N–H and O–H groups in total. The largest absolute Gasteiger partial charge is 0.375 e. The highest BCUT2D eigenvalue weighted by Gasteiger charge is 2.11. The first-order chi connectivity index (χ1) is 9.51. The predicted octanol–water partition coefficient (Wildman–Crippen LogP) is 2.56. The maximum Gasteiger partial charge on any atom is 0.191 e. The Bertz CT molecular complexity index is 396. The Balaban J connectivity index is 2.29. The molecule has 0 aliphatic carbocycles. The number of ether oxygens (including phenoxy) is 1. The number of nitrogens with zero attached hydrogens (tertiary/aromatic N) is 1. The van der Waals surface area contributed by atoms with Crippen LogP contribution >= 0.6 is 0 Å². The van der Waals surface area contributed by atoms with Crippen LogP contribution in [0.15, 0.2) is 35.3 Å². The Morgan fingerprint density at radius 2 is 1.90 bits per heavy atom. The van der Waals surface area contributed by atoms with Gasteiger partial charge in [-0.15, -0.1) is 0 Å². The Labute approximate surface area is 122 Å². The molecule has 0 unspecified atom stereocenters. The summed E-state index contributed by atoms with van der Waals surface area (Å²) < 4.78 is 5.62. The van der Waals surface area contributed by atoms with Crippen molar-refractivity contribution in [2.24, 2.45) is 4.99 Å². The summed E-state index contributed by atoms with van der Waals surface area (Å²) in [6.07, 6.45) is 0. The van der Waals surface area contributed by atoms with E-state index in [0.29, 0.717) is 19.8 Å². The minimum absolute atomic E-state index is 0.00585. The third-order valence-electron chi connectivity index (χ3n) is 2.45. The van der Waals surface area contributed by atoms with Crippen LogP contribution in [0.1, 0.15) is 33.3 Å². The fraction of sp³-hybridized carbons (Fsp3) is 0.562. The summed E-state index contributed by atoms with van der Waals surface area (Å²) in [6, 6.07) is 10.2. The van der Waals surface area contributed by atoms with Crippen molar-refractivity contribution in [3.05, 3.63) is 35.9 Å². The number of aliphatic imine (C=N–C) groups is 1. The van der Waals surface area contributed by atoms with E-state index in [2.05, 4.69) is 55.5 Å². The van der Waals surface area contributed by atoms with Gasteiger partial charge in [0.1, 0.15) is 0 Å². The zero-order valence-corrected chi connectivity index (χ0v) is 13.1. The molecule has 0 heterocycles. The van der Waals surface area contributed by atoms with Crippen molar-refractivity contribution in [1.29, 1.82) is 0 Å². The molecule has 1 aromatic rings. The van der Waals surface area contributed by atoms with E-state index >= 15 is 0 Å². The molecule has 112 valence electrons. The molecule has 0 aliphatic heterocycles. The van der Waals surface area contributed by atoms with Gasteiger partial charge in [0, 0.05) is 12.1 Å². The van der Waals surface area contributed by atoms with Crippen molar-refractivity contribution in [3.8, 4) is 0 Å². The van der Waals surface area contributed by atoms with Gasteiger partial charge in [0.15, 0.2) is 5.96 Å². The molecular weight excluding hydrogens is 250 g/mol. The second-order valence-electron chi connectivity index (χ2n) is 5.67. The van der Waals surface area contributed by atoms with Gasteiger partial charge in [0.05, 0.1) is 19.8 Å². The summed E-state index contributed by atoms with van der Waals surface area (Å²) in [6.45, 7) is 11.2. The van der Waals surface area contributed by atoms with E-state index in [-0.39, 0.29) is 5.54 Å². The highest BCUT2D eigenvalue weighted by molar-refractivity contribution is 5.80. The van der Waals surface area contributed by atoms with E-state index in [1.807, 2.05) is 18.2 Å². The van der Waals surface area contributed by atoms with E-state index in [4.69, 9.17) is 4.74 Å². The molecule has 0 saturated carbocycles. The van der Waals surface area contributed by atoms with Crippen molar-refractivity contribution >= 4 is 5.96 Å². The van der Waals surface area contributed by atoms with Crippen LogP contribution in [-0.2, 0) is 11.3 Å². The number of hydrogen-bond donors (Lipinski definition) is 2. The number of benzene rings is 1. The van der Waals surface area contributed by atoms with Gasteiger partial charge >= 0.3 is 0 Å². The van der Waals surface area contributed by atoms with Crippen LogP contribution in [-0.4, -0.2) is 31.2 Å². The van der Waals surface area contributed by atoms with E-state index in [0.717, 1.165) is 12.5 Å². The topological polar surface area (TPSA) is 45.7 Å². The van der Waals surface area contributed by atoms with Gasteiger partial charge in [-0.05, 0) is 33.3 Å². The number of guanidine groups is 1. The van der Waals surface area contributed by atoms with Crippen LogP contribution in [0.5, 0.6) is 0 Å². The first kappa shape index (κ1) is 16.5. The number of rotatable bonds is 6. The van der Waals surface area contributed by atoms with Crippen LogP contribution in [0.2, 0.25) is 0 Å². The molecule has 0 amide bonds. The minimum atomic E-state index is 0.00585. The third kappa shape index (κ3) is 7.79. The lowest BCUT2D eigenvalue weighted by molar-refractivity contribution is 0.128. The molecule has 1 rings (SSSR count). The van der Waals surface area contributed by atoms with E-state index < -0.39 is 0 Å². The van der Waals surface area contributed by atoms with Crippen molar-refractivity contribution < 1.29 is 4.74 Å². The summed E-state index contributed by atoms with van der Waals surface area (Å²) in [7, 11) is 0. The molecule has 0 bridgehead atoms. The first-order valence-corrected chi connectivity index (χ1v) is 7.19. The molecule has 0 aliphatic rings. The normalized spacial score (nSPS) is 12.3. The summed E-state index contributed by atoms with van der Waals surface area (Å²) in [5, 5.41) is 6.58. The molecule has 0 radical (unpaired) electrons. The Morgan fingerprint density at radius 1 is 1.20 bits per heavy atom. The first-order valence-electron chi connectivity index (χ1n) is 7.19. The van der Waals surface area contributed by atoms with Crippen LogP contribution in [0.3, 0.4) is 0 Å². The Morgan fingerprint density at radius 3 is 2.50 bits per heavy atom. The smallest absolute Gasteiger partial charge is 0.191 e. The molecule has 0 aromatic heterocycles. The third-order valence-corrected chi connectivity index (χ3v) is 2.45. The maximum atomic E-state index is 5.62. The molecule has 0 fully saturated rings. The average molecular weight is 277 g/mol. The highest BCUT2D eigenvalue weighted by Crippen LogP contribution is 2.00. The van der Waals surface area contributed by atoms with Crippen LogP contribution < -0.4 is 10.6 Å². The second-order valence-corrected chi connectivity index (χ2v) is 5.67. The van der Waals surface area contributed by atoms with Crippen LogP contribution in [0, 0.1) is 0 Å². The number of nitrogens with one attached hydrogen (secondary N) is 2. The van der Waals surface area contributed by atoms with Crippen molar-refractivity contribution in [2.75, 3.05) is 19.7 Å². The van der Waals surface area contributed by atoms with Gasteiger partial charge in [-0.2, -0.15) is 0 Å². The molecular formula is C16H27N3O. The fourth-order valence-corrected chi connectivity index (χ4v) is 1.65. The molecule has 1 aromatic carbocycles. The fourth-order valence-electron chi connectivity index (χ4n) is 1.65. The summed E-state index contributed by atoms with van der Waals surface area (Å²) in [4.78, 5) is 4.50. The van der Waals surface area contributed by atoms with Gasteiger partial charge in [-0.1, -0.05) is 30.3 Å². The summed E-state index contributed by atoms with van der Waals surface area (Å²) >= 11 is 0. The standard InChI is InChI=1S/C16H27N3O/c1-5-17-15(19-16(2,3)4)18-11-12-20-13-14-9-7-6-8-10-14/h6-10H,5,11-13H2,1-4H3,(H2,17,18,19). The molecule has 0 atom stereocenters. The van der Waals surface area contributed by atoms with Crippen molar-refractivity contribution in [2.45, 2.75) is 39.8 Å². The zero-order valence-electron chi connectivity index (χ0n) is 13.1. The van der Waals surface area contributed by atoms with E-state index in [9.17, 15) is 0 Å². The summed E-state index contributed by atoms with van der Waals surface area (Å²) in [5.74, 6) is 0.836. The Kier molecular flexibility index (Phi) is 7.09. The lowest BCUT2D eigenvalue weighted by Crippen LogP contribution is -2.47. The SMILES string of the molecule is CCNC(=NCCOCc1ccccc1)NC(C)(C)C. The highest BCUT2D eigenvalue weighted by atomic mass is 16.5. The molecule has 0 spiro atoms. The molecule has 4 heteroatoms. The van der Waals surface area contributed by atoms with Crippen molar-refractivity contribution in [1.82, 2.24) is 10.6 Å². The lowest BCUT2D eigenvalue weighted by Gasteiger charge is -2.23. The predicted molar refractivity (Wildman–Crippen MR) is 85.0 cm³/mol. The maximum absolute atomic E-state index is 5.62. The van der Waals surface area contributed by atoms with Crippen molar-refractivity contribution in [3.63, 3.8) is 0 Å².